The van der Waals surface area contributed by atoms with Gasteiger partial charge in [-0.05, 0) is 43.0 Å². The Hall–Kier alpha value is -1.49. The number of hydrogen-bond donors (Lipinski definition) is 0. The standard InChI is InChI=1S/C14H18N2/c1-11(2)14-4-3-9-16(14)13-7-5-12(10-15)6-8-13/h5-8,11,14H,3-4,9H2,1-2H3. The first-order chi connectivity index (χ1) is 7.72. The largest absolute Gasteiger partial charge is 0.368 e. The van der Waals surface area contributed by atoms with Crippen LogP contribution in [0.2, 0.25) is 0 Å². The third-order valence-electron chi connectivity index (χ3n) is 3.40. The second-order valence-electron chi connectivity index (χ2n) is 4.81. The smallest absolute Gasteiger partial charge is 0.0991 e. The molecule has 84 valence electrons. The van der Waals surface area contributed by atoms with E-state index in [2.05, 4.69) is 36.9 Å². The van der Waals surface area contributed by atoms with Crippen molar-refractivity contribution < 1.29 is 0 Å². The van der Waals surface area contributed by atoms with Gasteiger partial charge in [-0.25, -0.2) is 0 Å². The molecular weight excluding hydrogens is 196 g/mol. The van der Waals surface area contributed by atoms with Gasteiger partial charge < -0.3 is 4.90 Å². The number of anilines is 1. The van der Waals surface area contributed by atoms with Gasteiger partial charge in [-0.1, -0.05) is 13.8 Å². The van der Waals surface area contributed by atoms with Crippen LogP contribution in [0.5, 0.6) is 0 Å². The second-order valence-corrected chi connectivity index (χ2v) is 4.81. The summed E-state index contributed by atoms with van der Waals surface area (Å²) in [6.07, 6.45) is 2.57. The maximum absolute atomic E-state index is 8.77. The zero-order valence-electron chi connectivity index (χ0n) is 9.98. The number of rotatable bonds is 2. The van der Waals surface area contributed by atoms with E-state index in [4.69, 9.17) is 5.26 Å². The van der Waals surface area contributed by atoms with Gasteiger partial charge in [0.15, 0.2) is 0 Å². The predicted molar refractivity (Wildman–Crippen MR) is 66.4 cm³/mol. The van der Waals surface area contributed by atoms with Gasteiger partial charge in [0.1, 0.15) is 0 Å². The predicted octanol–water partition coefficient (Wildman–Crippen LogP) is 3.18. The summed E-state index contributed by atoms with van der Waals surface area (Å²) in [6, 6.07) is 10.8. The fourth-order valence-electron chi connectivity index (χ4n) is 2.53. The molecule has 0 bridgehead atoms. The molecule has 2 nitrogen and oxygen atoms in total. The molecule has 1 heterocycles. The van der Waals surface area contributed by atoms with Gasteiger partial charge in [-0.2, -0.15) is 5.26 Å². The number of nitrogens with zero attached hydrogens (tertiary/aromatic N) is 2. The second kappa shape index (κ2) is 4.57. The molecule has 0 saturated carbocycles. The van der Waals surface area contributed by atoms with Gasteiger partial charge in [0.2, 0.25) is 0 Å². The van der Waals surface area contributed by atoms with Crippen molar-refractivity contribution in [2.24, 2.45) is 5.92 Å². The molecule has 1 unspecified atom stereocenters. The molecule has 0 aromatic heterocycles. The van der Waals surface area contributed by atoms with Crippen LogP contribution in [0.15, 0.2) is 24.3 Å². The van der Waals surface area contributed by atoms with Crippen molar-refractivity contribution in [1.82, 2.24) is 0 Å². The van der Waals surface area contributed by atoms with Crippen molar-refractivity contribution in [3.05, 3.63) is 29.8 Å². The van der Waals surface area contributed by atoms with Gasteiger partial charge in [-0.3, -0.25) is 0 Å². The van der Waals surface area contributed by atoms with Crippen LogP contribution in [-0.4, -0.2) is 12.6 Å². The van der Waals surface area contributed by atoms with E-state index < -0.39 is 0 Å². The van der Waals surface area contributed by atoms with Gasteiger partial charge in [0.05, 0.1) is 11.6 Å². The minimum Gasteiger partial charge on any atom is -0.368 e. The molecule has 2 rings (SSSR count). The van der Waals surface area contributed by atoms with Crippen LogP contribution in [0.25, 0.3) is 0 Å². The van der Waals surface area contributed by atoms with Crippen LogP contribution >= 0.6 is 0 Å². The fourth-order valence-corrected chi connectivity index (χ4v) is 2.53. The monoisotopic (exact) mass is 214 g/mol. The summed E-state index contributed by atoms with van der Waals surface area (Å²) in [7, 11) is 0. The highest BCUT2D eigenvalue weighted by Gasteiger charge is 2.26. The fraction of sp³-hybridized carbons (Fsp3) is 0.500. The van der Waals surface area contributed by atoms with Crippen LogP contribution in [0.4, 0.5) is 5.69 Å². The molecule has 1 aromatic carbocycles. The molecule has 1 aliphatic rings. The quantitative estimate of drug-likeness (QED) is 0.756. The molecule has 0 amide bonds. The van der Waals surface area contributed by atoms with E-state index in [1.165, 1.54) is 18.5 Å². The molecule has 1 aromatic rings. The third-order valence-corrected chi connectivity index (χ3v) is 3.40. The van der Waals surface area contributed by atoms with Crippen LogP contribution in [0.1, 0.15) is 32.3 Å². The summed E-state index contributed by atoms with van der Waals surface area (Å²) < 4.78 is 0. The first-order valence-electron chi connectivity index (χ1n) is 5.99. The number of hydrogen-bond acceptors (Lipinski definition) is 2. The lowest BCUT2D eigenvalue weighted by Gasteiger charge is -2.29. The third kappa shape index (κ3) is 2.04. The van der Waals surface area contributed by atoms with Gasteiger partial charge in [0.25, 0.3) is 0 Å². The molecule has 2 heteroatoms. The van der Waals surface area contributed by atoms with Crippen LogP contribution in [0.3, 0.4) is 0 Å². The molecular formula is C14H18N2. The topological polar surface area (TPSA) is 27.0 Å². The molecule has 0 aliphatic carbocycles. The lowest BCUT2D eigenvalue weighted by molar-refractivity contribution is 0.492. The summed E-state index contributed by atoms with van der Waals surface area (Å²) in [5.74, 6) is 0.693. The van der Waals surface area contributed by atoms with Crippen LogP contribution in [-0.2, 0) is 0 Å². The summed E-state index contributed by atoms with van der Waals surface area (Å²) in [5, 5.41) is 8.77. The Morgan fingerprint density at radius 1 is 1.31 bits per heavy atom. The highest BCUT2D eigenvalue weighted by molar-refractivity contribution is 5.51. The molecule has 1 fully saturated rings. The van der Waals surface area contributed by atoms with Crippen LogP contribution in [0, 0.1) is 17.2 Å². The molecule has 0 radical (unpaired) electrons. The van der Waals surface area contributed by atoms with Gasteiger partial charge >= 0.3 is 0 Å². The zero-order chi connectivity index (χ0) is 11.5. The Labute approximate surface area is 97.5 Å². The van der Waals surface area contributed by atoms with Crippen molar-refractivity contribution in [2.75, 3.05) is 11.4 Å². The zero-order valence-corrected chi connectivity index (χ0v) is 9.98. The summed E-state index contributed by atoms with van der Waals surface area (Å²) in [4.78, 5) is 2.48. The van der Waals surface area contributed by atoms with Crippen molar-refractivity contribution >= 4 is 5.69 Å². The van der Waals surface area contributed by atoms with E-state index in [0.29, 0.717) is 12.0 Å². The van der Waals surface area contributed by atoms with Gasteiger partial charge in [0, 0.05) is 18.3 Å². The van der Waals surface area contributed by atoms with E-state index >= 15 is 0 Å². The Morgan fingerprint density at radius 3 is 2.56 bits per heavy atom. The highest BCUT2D eigenvalue weighted by Crippen LogP contribution is 2.29. The normalized spacial score (nSPS) is 20.1. The maximum atomic E-state index is 8.77. The molecule has 0 spiro atoms. The average molecular weight is 214 g/mol. The summed E-state index contributed by atoms with van der Waals surface area (Å²) in [5.41, 5.74) is 2.00. The molecule has 16 heavy (non-hydrogen) atoms. The molecule has 1 aliphatic heterocycles. The van der Waals surface area contributed by atoms with Crippen LogP contribution < -0.4 is 4.90 Å². The van der Waals surface area contributed by atoms with Crippen molar-refractivity contribution in [3.63, 3.8) is 0 Å². The lowest BCUT2D eigenvalue weighted by atomic mass is 10.0. The Bertz CT molecular complexity index is 386. The minimum absolute atomic E-state index is 0.660. The van der Waals surface area contributed by atoms with Crippen molar-refractivity contribution in [1.29, 1.82) is 5.26 Å². The first kappa shape index (κ1) is 11.0. The van der Waals surface area contributed by atoms with E-state index in [9.17, 15) is 0 Å². The Morgan fingerprint density at radius 2 is 2.00 bits per heavy atom. The van der Waals surface area contributed by atoms with Crippen molar-refractivity contribution in [2.45, 2.75) is 32.7 Å². The lowest BCUT2D eigenvalue weighted by Crippen LogP contribution is -2.33. The number of benzene rings is 1. The summed E-state index contributed by atoms with van der Waals surface area (Å²) >= 11 is 0. The maximum Gasteiger partial charge on any atom is 0.0991 e. The van der Waals surface area contributed by atoms with E-state index in [0.717, 1.165) is 12.1 Å². The van der Waals surface area contributed by atoms with Crippen molar-refractivity contribution in [3.8, 4) is 6.07 Å². The average Bonchev–Trinajstić information content (AvgIpc) is 2.78. The summed E-state index contributed by atoms with van der Waals surface area (Å²) in [6.45, 7) is 5.72. The first-order valence-corrected chi connectivity index (χ1v) is 5.99. The minimum atomic E-state index is 0.660. The van der Waals surface area contributed by atoms with Gasteiger partial charge in [-0.15, -0.1) is 0 Å². The highest BCUT2D eigenvalue weighted by atomic mass is 15.2. The number of nitriles is 1. The molecule has 0 N–H and O–H groups in total. The van der Waals surface area contributed by atoms with E-state index in [1.807, 2.05) is 12.1 Å². The Kier molecular flexibility index (Phi) is 3.14. The van der Waals surface area contributed by atoms with E-state index in [-0.39, 0.29) is 0 Å². The molecule has 1 saturated heterocycles. The molecule has 1 atom stereocenters. The van der Waals surface area contributed by atoms with E-state index in [1.54, 1.807) is 0 Å². The Balaban J connectivity index is 2.20. The SMILES string of the molecule is CC(C)C1CCCN1c1ccc(C#N)cc1.